The molecule has 0 saturated carbocycles. The summed E-state index contributed by atoms with van der Waals surface area (Å²) < 4.78 is 0. The summed E-state index contributed by atoms with van der Waals surface area (Å²) in [6.45, 7) is 1.47. The van der Waals surface area contributed by atoms with E-state index in [1.54, 1.807) is 18.5 Å². The molecule has 1 aliphatic heterocycles. The SMILES string of the molecule is CNc1cc(N2CCC[C@](O)(CNC(=O)c3ccsc3)C2)ncn1. The third-order valence-electron chi connectivity index (χ3n) is 4.15. The number of piperidine rings is 1. The molecule has 0 unspecified atom stereocenters. The van der Waals surface area contributed by atoms with Gasteiger partial charge in [-0.2, -0.15) is 11.3 Å². The van der Waals surface area contributed by atoms with Crippen LogP contribution in [0.3, 0.4) is 0 Å². The first kappa shape index (κ1) is 16.7. The van der Waals surface area contributed by atoms with E-state index in [4.69, 9.17) is 0 Å². The Kier molecular flexibility index (Phi) is 4.96. The largest absolute Gasteiger partial charge is 0.386 e. The monoisotopic (exact) mass is 347 g/mol. The molecule has 3 heterocycles. The van der Waals surface area contributed by atoms with Crippen LogP contribution in [0.5, 0.6) is 0 Å². The highest BCUT2D eigenvalue weighted by Gasteiger charge is 2.34. The van der Waals surface area contributed by atoms with Gasteiger partial charge in [0.1, 0.15) is 18.0 Å². The first-order valence-corrected chi connectivity index (χ1v) is 8.81. The molecule has 7 nitrogen and oxygen atoms in total. The third kappa shape index (κ3) is 3.82. The Morgan fingerprint density at radius 3 is 3.12 bits per heavy atom. The molecule has 1 saturated heterocycles. The van der Waals surface area contributed by atoms with Gasteiger partial charge in [-0.25, -0.2) is 9.97 Å². The van der Waals surface area contributed by atoms with E-state index in [0.717, 1.165) is 24.6 Å². The molecule has 2 aromatic rings. The van der Waals surface area contributed by atoms with Crippen molar-refractivity contribution in [2.75, 3.05) is 36.9 Å². The zero-order valence-electron chi connectivity index (χ0n) is 13.5. The van der Waals surface area contributed by atoms with Crippen molar-refractivity contribution >= 4 is 28.9 Å². The van der Waals surface area contributed by atoms with E-state index in [0.29, 0.717) is 18.5 Å². The molecule has 1 amide bonds. The molecule has 0 radical (unpaired) electrons. The number of β-amino-alcohol motifs (C(OH)–C–C–N with tert-alkyl or cyclic N) is 1. The van der Waals surface area contributed by atoms with Gasteiger partial charge in [0, 0.05) is 43.7 Å². The van der Waals surface area contributed by atoms with Gasteiger partial charge in [-0.1, -0.05) is 0 Å². The lowest BCUT2D eigenvalue weighted by Crippen LogP contribution is -2.54. The second kappa shape index (κ2) is 7.14. The lowest BCUT2D eigenvalue weighted by Gasteiger charge is -2.39. The van der Waals surface area contributed by atoms with Crippen molar-refractivity contribution in [3.63, 3.8) is 0 Å². The smallest absolute Gasteiger partial charge is 0.252 e. The summed E-state index contributed by atoms with van der Waals surface area (Å²) >= 11 is 1.48. The average molecular weight is 347 g/mol. The van der Waals surface area contributed by atoms with Crippen LogP contribution in [0.25, 0.3) is 0 Å². The quantitative estimate of drug-likeness (QED) is 0.756. The van der Waals surface area contributed by atoms with Crippen molar-refractivity contribution in [3.05, 3.63) is 34.8 Å². The van der Waals surface area contributed by atoms with Gasteiger partial charge in [-0.3, -0.25) is 4.79 Å². The minimum absolute atomic E-state index is 0.152. The van der Waals surface area contributed by atoms with Crippen LogP contribution in [0.15, 0.2) is 29.2 Å². The predicted octanol–water partition coefficient (Wildman–Crippen LogP) is 1.34. The highest BCUT2D eigenvalue weighted by molar-refractivity contribution is 7.08. The fourth-order valence-electron chi connectivity index (χ4n) is 2.85. The number of thiophene rings is 1. The molecule has 1 atom stereocenters. The van der Waals surface area contributed by atoms with Gasteiger partial charge in [0.2, 0.25) is 0 Å². The Balaban J connectivity index is 1.64. The molecule has 0 aromatic carbocycles. The molecule has 0 aliphatic carbocycles. The molecule has 8 heteroatoms. The molecule has 3 N–H and O–H groups in total. The maximum atomic E-state index is 12.1. The van der Waals surface area contributed by atoms with Crippen LogP contribution >= 0.6 is 11.3 Å². The van der Waals surface area contributed by atoms with Gasteiger partial charge in [-0.05, 0) is 24.3 Å². The summed E-state index contributed by atoms with van der Waals surface area (Å²) in [4.78, 5) is 22.5. The zero-order valence-corrected chi connectivity index (χ0v) is 14.3. The molecule has 128 valence electrons. The first-order valence-electron chi connectivity index (χ1n) is 7.87. The molecule has 3 rings (SSSR count). The number of aromatic nitrogens is 2. The van der Waals surface area contributed by atoms with E-state index in [9.17, 15) is 9.90 Å². The molecular weight excluding hydrogens is 326 g/mol. The fourth-order valence-corrected chi connectivity index (χ4v) is 3.49. The van der Waals surface area contributed by atoms with Crippen molar-refractivity contribution in [2.24, 2.45) is 0 Å². The highest BCUT2D eigenvalue weighted by Crippen LogP contribution is 2.25. The number of carbonyl (C=O) groups is 1. The highest BCUT2D eigenvalue weighted by atomic mass is 32.1. The van der Waals surface area contributed by atoms with Crippen LogP contribution in [-0.2, 0) is 0 Å². The van der Waals surface area contributed by atoms with E-state index in [-0.39, 0.29) is 12.5 Å². The fraction of sp³-hybridized carbons (Fsp3) is 0.438. The summed E-state index contributed by atoms with van der Waals surface area (Å²) in [5.74, 6) is 1.36. The van der Waals surface area contributed by atoms with Crippen molar-refractivity contribution in [2.45, 2.75) is 18.4 Å². The van der Waals surface area contributed by atoms with Gasteiger partial charge in [0.25, 0.3) is 5.91 Å². The van der Waals surface area contributed by atoms with E-state index < -0.39 is 5.60 Å². The van der Waals surface area contributed by atoms with Crippen molar-refractivity contribution in [1.82, 2.24) is 15.3 Å². The molecule has 0 bridgehead atoms. The number of carbonyl (C=O) groups excluding carboxylic acids is 1. The van der Waals surface area contributed by atoms with E-state index in [2.05, 4.69) is 20.6 Å². The van der Waals surface area contributed by atoms with Crippen LogP contribution in [0.1, 0.15) is 23.2 Å². The van der Waals surface area contributed by atoms with Gasteiger partial charge in [0.05, 0.1) is 5.60 Å². The summed E-state index contributed by atoms with van der Waals surface area (Å²) in [7, 11) is 1.80. The molecule has 1 fully saturated rings. The minimum atomic E-state index is -0.964. The van der Waals surface area contributed by atoms with Gasteiger partial charge in [0.15, 0.2) is 0 Å². The number of aliphatic hydroxyl groups is 1. The van der Waals surface area contributed by atoms with Crippen LogP contribution in [0.4, 0.5) is 11.6 Å². The second-order valence-corrected chi connectivity index (χ2v) is 6.74. The Labute approximate surface area is 144 Å². The number of anilines is 2. The molecule has 24 heavy (non-hydrogen) atoms. The van der Waals surface area contributed by atoms with Crippen LogP contribution in [0, 0.1) is 0 Å². The number of rotatable bonds is 5. The molecular formula is C16H21N5O2S. The number of amides is 1. The Hall–Kier alpha value is -2.19. The van der Waals surface area contributed by atoms with E-state index in [1.807, 2.05) is 16.3 Å². The number of nitrogens with one attached hydrogen (secondary N) is 2. The van der Waals surface area contributed by atoms with E-state index in [1.165, 1.54) is 17.7 Å². The maximum absolute atomic E-state index is 12.1. The lowest BCUT2D eigenvalue weighted by molar-refractivity contribution is 0.0254. The van der Waals surface area contributed by atoms with Gasteiger partial charge in [-0.15, -0.1) is 0 Å². The Morgan fingerprint density at radius 2 is 2.38 bits per heavy atom. The lowest BCUT2D eigenvalue weighted by atomic mass is 9.92. The zero-order chi connectivity index (χ0) is 17.0. The number of hydrogen-bond donors (Lipinski definition) is 3. The topological polar surface area (TPSA) is 90.4 Å². The summed E-state index contributed by atoms with van der Waals surface area (Å²) in [6, 6.07) is 3.63. The normalized spacial score (nSPS) is 20.7. The van der Waals surface area contributed by atoms with E-state index >= 15 is 0 Å². The molecule has 2 aromatic heterocycles. The van der Waals surface area contributed by atoms with Crippen molar-refractivity contribution < 1.29 is 9.90 Å². The summed E-state index contributed by atoms with van der Waals surface area (Å²) in [5, 5.41) is 20.3. The van der Waals surface area contributed by atoms with Crippen LogP contribution < -0.4 is 15.5 Å². The average Bonchev–Trinajstić information content (AvgIpc) is 3.14. The Morgan fingerprint density at radius 1 is 1.50 bits per heavy atom. The third-order valence-corrected chi connectivity index (χ3v) is 4.83. The standard InChI is InChI=1S/C16H21N5O2S/c1-17-13-7-14(20-11-19-13)21-5-2-4-16(23,10-21)9-18-15(22)12-3-6-24-8-12/h3,6-8,11,23H,2,4-5,9-10H2,1H3,(H,18,22)(H,17,19,20)/t16-/m0/s1. The van der Waals surface area contributed by atoms with Crippen LogP contribution in [-0.4, -0.2) is 53.3 Å². The maximum Gasteiger partial charge on any atom is 0.252 e. The number of nitrogens with zero attached hydrogens (tertiary/aromatic N) is 3. The van der Waals surface area contributed by atoms with Crippen molar-refractivity contribution in [1.29, 1.82) is 0 Å². The molecule has 1 aliphatic rings. The molecule has 0 spiro atoms. The number of hydrogen-bond acceptors (Lipinski definition) is 7. The van der Waals surface area contributed by atoms with Gasteiger partial charge < -0.3 is 20.6 Å². The Bertz CT molecular complexity index is 694. The summed E-state index contributed by atoms with van der Waals surface area (Å²) in [6.07, 6.45) is 2.99. The predicted molar refractivity (Wildman–Crippen MR) is 94.6 cm³/mol. The van der Waals surface area contributed by atoms with Gasteiger partial charge >= 0.3 is 0 Å². The van der Waals surface area contributed by atoms with Crippen molar-refractivity contribution in [3.8, 4) is 0 Å². The van der Waals surface area contributed by atoms with Crippen LogP contribution in [0.2, 0.25) is 0 Å². The minimum Gasteiger partial charge on any atom is -0.386 e. The summed E-state index contributed by atoms with van der Waals surface area (Å²) in [5.41, 5.74) is -0.333. The first-order chi connectivity index (χ1) is 11.6. The second-order valence-electron chi connectivity index (χ2n) is 5.96.